The predicted molar refractivity (Wildman–Crippen MR) is 93.6 cm³/mol. The number of nitrogens with one attached hydrogen (secondary N) is 2. The fourth-order valence-corrected chi connectivity index (χ4v) is 2.75. The number of likely N-dealkylation sites (tertiary alicyclic amines) is 1. The maximum atomic E-state index is 12.2. The Labute approximate surface area is 149 Å². The van der Waals surface area contributed by atoms with Crippen molar-refractivity contribution in [3.63, 3.8) is 0 Å². The molecule has 0 unspecified atom stereocenters. The average molecular weight is 354 g/mol. The molecule has 8 nitrogen and oxygen atoms in total. The first kappa shape index (κ1) is 20.9. The highest BCUT2D eigenvalue weighted by molar-refractivity contribution is 5.84. The summed E-state index contributed by atoms with van der Waals surface area (Å²) in [6.07, 6.45) is 2.89. The minimum Gasteiger partial charge on any atom is -0.353 e. The van der Waals surface area contributed by atoms with Gasteiger partial charge in [-0.25, -0.2) is 0 Å². The van der Waals surface area contributed by atoms with Gasteiger partial charge in [0.05, 0.1) is 6.54 Å². The van der Waals surface area contributed by atoms with E-state index >= 15 is 0 Å². The van der Waals surface area contributed by atoms with Crippen LogP contribution in [0.4, 0.5) is 0 Å². The fourth-order valence-electron chi connectivity index (χ4n) is 2.75. The quantitative estimate of drug-likeness (QED) is 0.635. The van der Waals surface area contributed by atoms with E-state index in [2.05, 4.69) is 10.6 Å². The summed E-state index contributed by atoms with van der Waals surface area (Å²) in [6.45, 7) is 5.02. The first-order valence-electron chi connectivity index (χ1n) is 8.89. The van der Waals surface area contributed by atoms with Crippen LogP contribution in [0.2, 0.25) is 0 Å². The summed E-state index contributed by atoms with van der Waals surface area (Å²) in [5.74, 6) is -0.265. The minimum absolute atomic E-state index is 0.00617. The molecule has 1 aliphatic rings. The lowest BCUT2D eigenvalue weighted by atomic mass is 10.0. The van der Waals surface area contributed by atoms with Gasteiger partial charge in [-0.2, -0.15) is 0 Å². The van der Waals surface area contributed by atoms with Crippen molar-refractivity contribution in [2.75, 3.05) is 33.2 Å². The Hall–Kier alpha value is -2.12. The lowest BCUT2D eigenvalue weighted by Gasteiger charge is -2.32. The van der Waals surface area contributed by atoms with Gasteiger partial charge in [-0.1, -0.05) is 6.92 Å². The van der Waals surface area contributed by atoms with Gasteiger partial charge in [0.25, 0.3) is 0 Å². The van der Waals surface area contributed by atoms with Crippen LogP contribution in [0.5, 0.6) is 0 Å². The molecule has 25 heavy (non-hydrogen) atoms. The number of carbonyl (C=O) groups excluding carboxylic acids is 4. The summed E-state index contributed by atoms with van der Waals surface area (Å²) in [4.78, 5) is 49.6. The van der Waals surface area contributed by atoms with Crippen molar-refractivity contribution in [1.29, 1.82) is 0 Å². The highest BCUT2D eigenvalue weighted by Gasteiger charge is 2.23. The molecule has 1 heterocycles. The van der Waals surface area contributed by atoms with Gasteiger partial charge in [-0.3, -0.25) is 19.2 Å². The summed E-state index contributed by atoms with van der Waals surface area (Å²) in [5.41, 5.74) is 0. The molecule has 1 fully saturated rings. The Bertz CT molecular complexity index is 487. The average Bonchev–Trinajstić information content (AvgIpc) is 2.59. The van der Waals surface area contributed by atoms with Crippen molar-refractivity contribution < 1.29 is 19.2 Å². The Balaban J connectivity index is 2.21. The Morgan fingerprint density at radius 2 is 1.80 bits per heavy atom. The number of hydrogen-bond acceptors (Lipinski definition) is 4. The molecule has 0 spiro atoms. The third kappa shape index (κ3) is 8.00. The van der Waals surface area contributed by atoms with Gasteiger partial charge in [-0.15, -0.1) is 0 Å². The Kier molecular flexibility index (Phi) is 8.94. The van der Waals surface area contributed by atoms with Crippen molar-refractivity contribution in [1.82, 2.24) is 20.4 Å². The van der Waals surface area contributed by atoms with E-state index < -0.39 is 0 Å². The molecule has 4 amide bonds. The van der Waals surface area contributed by atoms with Crippen LogP contribution < -0.4 is 10.6 Å². The van der Waals surface area contributed by atoms with Crippen LogP contribution in [0.3, 0.4) is 0 Å². The minimum atomic E-state index is -0.162. The number of amides is 4. The van der Waals surface area contributed by atoms with Gasteiger partial charge < -0.3 is 20.4 Å². The number of piperidine rings is 1. The van der Waals surface area contributed by atoms with Crippen molar-refractivity contribution in [3.8, 4) is 0 Å². The zero-order valence-electron chi connectivity index (χ0n) is 15.5. The third-order valence-electron chi connectivity index (χ3n) is 4.32. The Morgan fingerprint density at radius 3 is 2.36 bits per heavy atom. The molecule has 2 N–H and O–H groups in total. The SMILES string of the molecule is CCC(=O)NCC(=O)N(C)CCCC(=O)N1CCC(NC(C)=O)CC1. The topological polar surface area (TPSA) is 98.8 Å². The zero-order valence-corrected chi connectivity index (χ0v) is 15.5. The summed E-state index contributed by atoms with van der Waals surface area (Å²) in [7, 11) is 1.67. The molecule has 8 heteroatoms. The highest BCUT2D eigenvalue weighted by Crippen LogP contribution is 2.12. The summed E-state index contributed by atoms with van der Waals surface area (Å²) in [5, 5.41) is 5.43. The molecule has 0 saturated carbocycles. The van der Waals surface area contributed by atoms with Crippen LogP contribution >= 0.6 is 0 Å². The van der Waals surface area contributed by atoms with Crippen LogP contribution in [0.1, 0.15) is 46.0 Å². The highest BCUT2D eigenvalue weighted by atomic mass is 16.2. The van der Waals surface area contributed by atoms with Crippen molar-refractivity contribution in [2.24, 2.45) is 0 Å². The molecule has 0 bridgehead atoms. The second-order valence-electron chi connectivity index (χ2n) is 6.40. The van der Waals surface area contributed by atoms with E-state index in [0.717, 1.165) is 12.8 Å². The summed E-state index contributed by atoms with van der Waals surface area (Å²) < 4.78 is 0. The van der Waals surface area contributed by atoms with Gasteiger partial charge in [0.2, 0.25) is 23.6 Å². The van der Waals surface area contributed by atoms with Crippen LogP contribution in [-0.2, 0) is 19.2 Å². The number of carbonyl (C=O) groups is 4. The van der Waals surface area contributed by atoms with E-state index in [1.54, 1.807) is 14.0 Å². The van der Waals surface area contributed by atoms with E-state index in [9.17, 15) is 19.2 Å². The van der Waals surface area contributed by atoms with Gasteiger partial charge in [0.15, 0.2) is 0 Å². The molecule has 1 aliphatic heterocycles. The number of nitrogens with zero attached hydrogens (tertiary/aromatic N) is 2. The second kappa shape index (κ2) is 10.7. The smallest absolute Gasteiger partial charge is 0.241 e. The molecule has 0 atom stereocenters. The van der Waals surface area contributed by atoms with Crippen LogP contribution in [0, 0.1) is 0 Å². The molecule has 1 saturated heterocycles. The van der Waals surface area contributed by atoms with E-state index in [0.29, 0.717) is 38.9 Å². The molecule has 0 aliphatic carbocycles. The van der Waals surface area contributed by atoms with Crippen molar-refractivity contribution >= 4 is 23.6 Å². The lowest BCUT2D eigenvalue weighted by Crippen LogP contribution is -2.46. The zero-order chi connectivity index (χ0) is 18.8. The van der Waals surface area contributed by atoms with Crippen LogP contribution in [0.15, 0.2) is 0 Å². The lowest BCUT2D eigenvalue weighted by molar-refractivity contribution is -0.134. The molecule has 0 aromatic rings. The van der Waals surface area contributed by atoms with Crippen LogP contribution in [-0.4, -0.2) is 72.7 Å². The molecule has 0 radical (unpaired) electrons. The van der Waals surface area contributed by atoms with Crippen molar-refractivity contribution in [3.05, 3.63) is 0 Å². The standard InChI is InChI=1S/C17H30N4O4/c1-4-15(23)18-12-17(25)20(3)9-5-6-16(24)21-10-7-14(8-11-21)19-13(2)22/h14H,4-12H2,1-3H3,(H,18,23)(H,19,22). The molecular formula is C17H30N4O4. The molecular weight excluding hydrogens is 324 g/mol. The van der Waals surface area contributed by atoms with Gasteiger partial charge in [-0.05, 0) is 19.3 Å². The first-order chi connectivity index (χ1) is 11.8. The third-order valence-corrected chi connectivity index (χ3v) is 4.32. The molecule has 0 aromatic heterocycles. The normalized spacial score (nSPS) is 14.8. The van der Waals surface area contributed by atoms with Crippen LogP contribution in [0.25, 0.3) is 0 Å². The maximum absolute atomic E-state index is 12.2. The van der Waals surface area contributed by atoms with Gasteiger partial charge in [0.1, 0.15) is 0 Å². The van der Waals surface area contributed by atoms with E-state index in [-0.39, 0.29) is 36.2 Å². The Morgan fingerprint density at radius 1 is 1.16 bits per heavy atom. The van der Waals surface area contributed by atoms with E-state index in [1.165, 1.54) is 11.8 Å². The number of likely N-dealkylation sites (N-methyl/N-ethyl adjacent to an activating group) is 1. The molecule has 1 rings (SSSR count). The molecule has 0 aromatic carbocycles. The van der Waals surface area contributed by atoms with E-state index in [1.807, 2.05) is 4.90 Å². The largest absolute Gasteiger partial charge is 0.353 e. The predicted octanol–water partition coefficient (Wildman–Crippen LogP) is -0.122. The number of hydrogen-bond donors (Lipinski definition) is 2. The maximum Gasteiger partial charge on any atom is 0.241 e. The van der Waals surface area contributed by atoms with E-state index in [4.69, 9.17) is 0 Å². The molecule has 142 valence electrons. The first-order valence-corrected chi connectivity index (χ1v) is 8.89. The van der Waals surface area contributed by atoms with Gasteiger partial charge >= 0.3 is 0 Å². The summed E-state index contributed by atoms with van der Waals surface area (Å²) in [6, 6.07) is 0.156. The summed E-state index contributed by atoms with van der Waals surface area (Å²) >= 11 is 0. The van der Waals surface area contributed by atoms with Crippen molar-refractivity contribution in [2.45, 2.75) is 52.0 Å². The monoisotopic (exact) mass is 354 g/mol. The fraction of sp³-hybridized carbons (Fsp3) is 0.765. The number of rotatable bonds is 8. The second-order valence-corrected chi connectivity index (χ2v) is 6.40. The van der Waals surface area contributed by atoms with Gasteiger partial charge in [0, 0.05) is 52.5 Å².